The van der Waals surface area contributed by atoms with Crippen LogP contribution in [0.4, 0.5) is 0 Å². The van der Waals surface area contributed by atoms with Gasteiger partial charge in [-0.2, -0.15) is 0 Å². The van der Waals surface area contributed by atoms with Crippen molar-refractivity contribution in [3.8, 4) is 11.5 Å². The highest BCUT2D eigenvalue weighted by molar-refractivity contribution is 7.86. The lowest BCUT2D eigenvalue weighted by Crippen LogP contribution is -2.37. The van der Waals surface area contributed by atoms with Gasteiger partial charge in [0.25, 0.3) is 0 Å². The van der Waals surface area contributed by atoms with Crippen molar-refractivity contribution in [2.45, 2.75) is 35.0 Å². The van der Waals surface area contributed by atoms with Gasteiger partial charge in [0.05, 0.1) is 28.6 Å². The number of Topliss-reactive ketones (excluding diaryl/α,β-unsaturated/α-hetero) is 1. The summed E-state index contributed by atoms with van der Waals surface area (Å²) in [5.74, 6) is 1.17. The van der Waals surface area contributed by atoms with Crippen LogP contribution in [0.3, 0.4) is 0 Å². The fourth-order valence-corrected chi connectivity index (χ4v) is 6.53. The van der Waals surface area contributed by atoms with Crippen LogP contribution in [0, 0.1) is 0 Å². The van der Waals surface area contributed by atoms with E-state index in [0.717, 1.165) is 16.7 Å². The van der Waals surface area contributed by atoms with Crippen LogP contribution in [0.5, 0.6) is 11.5 Å². The Labute approximate surface area is 214 Å². The van der Waals surface area contributed by atoms with Gasteiger partial charge in [0, 0.05) is 4.90 Å². The van der Waals surface area contributed by atoms with Gasteiger partial charge in [-0.1, -0.05) is 84.9 Å². The van der Waals surface area contributed by atoms with E-state index in [1.54, 1.807) is 7.11 Å². The molecule has 3 unspecified atom stereocenters. The van der Waals surface area contributed by atoms with E-state index >= 15 is 0 Å². The Morgan fingerprint density at radius 3 is 2.11 bits per heavy atom. The van der Waals surface area contributed by atoms with Crippen LogP contribution in [0.25, 0.3) is 0 Å². The standard InChI is InChI=1S/C31H28O4S/c1-34-28-21-25(17-18-27(28)35-22-23-11-5-2-6-12-23)31(24-13-7-3-8-14-24)20-19-29(30(31)32)36(33)26-15-9-4-10-16-26/h2-18,21,29H,19-20,22H2,1H3. The van der Waals surface area contributed by atoms with Gasteiger partial charge in [-0.25, -0.2) is 0 Å². The molecular weight excluding hydrogens is 468 g/mol. The van der Waals surface area contributed by atoms with E-state index in [4.69, 9.17) is 9.47 Å². The third-order valence-corrected chi connectivity index (χ3v) is 8.59. The van der Waals surface area contributed by atoms with Crippen LogP contribution in [-0.4, -0.2) is 22.4 Å². The van der Waals surface area contributed by atoms with Crippen molar-refractivity contribution in [2.24, 2.45) is 0 Å². The molecule has 1 aliphatic carbocycles. The Bertz CT molecular complexity index is 1360. The lowest BCUT2D eigenvalue weighted by molar-refractivity contribution is -0.120. The highest BCUT2D eigenvalue weighted by atomic mass is 32.2. The van der Waals surface area contributed by atoms with E-state index < -0.39 is 21.5 Å². The molecule has 0 saturated heterocycles. The lowest BCUT2D eigenvalue weighted by Gasteiger charge is -2.30. The zero-order valence-corrected chi connectivity index (χ0v) is 20.9. The van der Waals surface area contributed by atoms with Gasteiger partial charge in [-0.3, -0.25) is 9.00 Å². The third kappa shape index (κ3) is 4.47. The monoisotopic (exact) mass is 496 g/mol. The molecule has 5 rings (SSSR count). The van der Waals surface area contributed by atoms with E-state index in [1.165, 1.54) is 0 Å². The predicted octanol–water partition coefficient (Wildman–Crippen LogP) is 6.10. The molecule has 0 bridgehead atoms. The Balaban J connectivity index is 1.52. The summed E-state index contributed by atoms with van der Waals surface area (Å²) < 4.78 is 25.2. The van der Waals surface area contributed by atoms with E-state index in [2.05, 4.69) is 0 Å². The molecule has 3 atom stereocenters. The minimum Gasteiger partial charge on any atom is -0.493 e. The summed E-state index contributed by atoms with van der Waals surface area (Å²) in [7, 11) is 0.180. The zero-order valence-electron chi connectivity index (χ0n) is 20.1. The number of hydrogen-bond donors (Lipinski definition) is 0. The van der Waals surface area contributed by atoms with Gasteiger partial charge in [0.1, 0.15) is 6.61 Å². The fourth-order valence-electron chi connectivity index (χ4n) is 5.05. The van der Waals surface area contributed by atoms with Crippen molar-refractivity contribution in [2.75, 3.05) is 7.11 Å². The quantitative estimate of drug-likeness (QED) is 0.296. The number of carbonyl (C=O) groups excluding carboxylic acids is 1. The second kappa shape index (κ2) is 10.5. The molecule has 36 heavy (non-hydrogen) atoms. The van der Waals surface area contributed by atoms with Crippen molar-refractivity contribution in [1.29, 1.82) is 0 Å². The van der Waals surface area contributed by atoms with Crippen LogP contribution < -0.4 is 9.47 Å². The van der Waals surface area contributed by atoms with E-state index in [-0.39, 0.29) is 5.78 Å². The Kier molecular flexibility index (Phi) is 7.01. The minimum absolute atomic E-state index is 0.0177. The van der Waals surface area contributed by atoms with Crippen molar-refractivity contribution in [1.82, 2.24) is 0 Å². The molecule has 4 aromatic rings. The van der Waals surface area contributed by atoms with Crippen molar-refractivity contribution >= 4 is 16.6 Å². The molecule has 4 nitrogen and oxygen atoms in total. The largest absolute Gasteiger partial charge is 0.493 e. The summed E-state index contributed by atoms with van der Waals surface area (Å²) in [6, 6.07) is 34.7. The lowest BCUT2D eigenvalue weighted by atomic mass is 9.72. The Hall–Kier alpha value is -3.70. The van der Waals surface area contributed by atoms with Crippen molar-refractivity contribution in [3.63, 3.8) is 0 Å². The molecule has 0 radical (unpaired) electrons. The first kappa shape index (κ1) is 24.0. The van der Waals surface area contributed by atoms with Crippen molar-refractivity contribution in [3.05, 3.63) is 126 Å². The highest BCUT2D eigenvalue weighted by Crippen LogP contribution is 2.47. The number of hydrogen-bond acceptors (Lipinski definition) is 4. The zero-order chi connectivity index (χ0) is 25.0. The Morgan fingerprint density at radius 2 is 1.44 bits per heavy atom. The molecule has 1 fully saturated rings. The van der Waals surface area contributed by atoms with Crippen LogP contribution >= 0.6 is 0 Å². The molecule has 0 spiro atoms. The maximum Gasteiger partial charge on any atom is 0.163 e. The second-order valence-corrected chi connectivity index (χ2v) is 10.5. The molecule has 5 heteroatoms. The maximum atomic E-state index is 14.2. The van der Waals surface area contributed by atoms with Crippen LogP contribution in [-0.2, 0) is 27.6 Å². The average Bonchev–Trinajstić information content (AvgIpc) is 3.30. The summed E-state index contributed by atoms with van der Waals surface area (Å²) in [5, 5.41) is -0.576. The van der Waals surface area contributed by atoms with Gasteiger partial charge in [-0.15, -0.1) is 0 Å². The first-order chi connectivity index (χ1) is 17.6. The molecule has 0 heterocycles. The normalized spacial score (nSPS) is 20.1. The van der Waals surface area contributed by atoms with Crippen molar-refractivity contribution < 1.29 is 18.5 Å². The summed E-state index contributed by atoms with van der Waals surface area (Å²) in [6.07, 6.45) is 1.12. The summed E-state index contributed by atoms with van der Waals surface area (Å²) in [4.78, 5) is 14.9. The minimum atomic E-state index is -1.42. The van der Waals surface area contributed by atoms with Gasteiger partial charge >= 0.3 is 0 Å². The topological polar surface area (TPSA) is 52.6 Å². The molecule has 182 valence electrons. The number of ether oxygens (including phenoxy) is 2. The summed E-state index contributed by atoms with van der Waals surface area (Å²) >= 11 is 0. The number of benzene rings is 4. The third-order valence-electron chi connectivity index (χ3n) is 6.89. The maximum absolute atomic E-state index is 14.2. The van der Waals surface area contributed by atoms with Gasteiger partial charge in [0.15, 0.2) is 17.3 Å². The number of ketones is 1. The van der Waals surface area contributed by atoms with E-state index in [9.17, 15) is 9.00 Å². The molecular formula is C31H28O4S. The van der Waals surface area contributed by atoms with Gasteiger partial charge < -0.3 is 9.47 Å². The molecule has 1 saturated carbocycles. The predicted molar refractivity (Wildman–Crippen MR) is 142 cm³/mol. The number of methoxy groups -OCH3 is 1. The smallest absolute Gasteiger partial charge is 0.163 e. The van der Waals surface area contributed by atoms with E-state index in [0.29, 0.717) is 35.8 Å². The fraction of sp³-hybridized carbons (Fsp3) is 0.194. The van der Waals surface area contributed by atoms with Crippen LogP contribution in [0.2, 0.25) is 0 Å². The molecule has 0 amide bonds. The molecule has 4 aromatic carbocycles. The van der Waals surface area contributed by atoms with Gasteiger partial charge in [0.2, 0.25) is 0 Å². The van der Waals surface area contributed by atoms with Crippen LogP contribution in [0.15, 0.2) is 114 Å². The molecule has 1 aliphatic rings. The molecule has 0 aromatic heterocycles. The first-order valence-corrected chi connectivity index (χ1v) is 13.3. The van der Waals surface area contributed by atoms with Crippen LogP contribution in [0.1, 0.15) is 29.5 Å². The summed E-state index contributed by atoms with van der Waals surface area (Å²) in [5.41, 5.74) is 1.89. The molecule has 0 aliphatic heterocycles. The average molecular weight is 497 g/mol. The SMILES string of the molecule is COc1cc(C2(c3ccccc3)CCC(S(=O)c3ccccc3)C2=O)ccc1OCc1ccccc1. The number of carbonyl (C=O) groups is 1. The Morgan fingerprint density at radius 1 is 0.806 bits per heavy atom. The van der Waals surface area contributed by atoms with E-state index in [1.807, 2.05) is 109 Å². The first-order valence-electron chi connectivity index (χ1n) is 12.0. The summed E-state index contributed by atoms with van der Waals surface area (Å²) in [6.45, 7) is 0.414. The second-order valence-electron chi connectivity index (χ2n) is 8.91. The number of rotatable bonds is 8. The molecule has 0 N–H and O–H groups in total. The van der Waals surface area contributed by atoms with Gasteiger partial charge in [-0.05, 0) is 53.8 Å². The highest BCUT2D eigenvalue weighted by Gasteiger charge is 2.52.